The maximum atomic E-state index is 10.2. The van der Waals surface area contributed by atoms with Crippen LogP contribution in [0, 0.1) is 0 Å². The summed E-state index contributed by atoms with van der Waals surface area (Å²) in [6, 6.07) is 1.52. The number of nitrogens with zero attached hydrogens (tertiary/aromatic N) is 1. The van der Waals surface area contributed by atoms with E-state index in [4.69, 9.17) is 10.3 Å². The van der Waals surface area contributed by atoms with Gasteiger partial charge in [0.1, 0.15) is 5.69 Å². The van der Waals surface area contributed by atoms with Crippen molar-refractivity contribution in [3.63, 3.8) is 0 Å². The second kappa shape index (κ2) is 4.58. The van der Waals surface area contributed by atoms with E-state index in [-0.39, 0.29) is 0 Å². The van der Waals surface area contributed by atoms with Gasteiger partial charge in [-0.2, -0.15) is 13.5 Å². The average molecular weight is 207 g/mol. The normalized spacial score (nSPS) is 10.0. The number of primary amides is 1. The number of hydrogen-bond acceptors (Lipinski definition) is 4. The molecule has 0 unspecified atom stereocenters. The molecule has 0 aliphatic carbocycles. The number of nitrogens with one attached hydrogen (secondary N) is 1. The zero-order chi connectivity index (χ0) is 10.5. The predicted molar refractivity (Wildman–Crippen MR) is 44.6 cm³/mol. The van der Waals surface area contributed by atoms with Crippen molar-refractivity contribution in [2.45, 2.75) is 0 Å². The van der Waals surface area contributed by atoms with Gasteiger partial charge in [-0.05, 0) is 6.07 Å². The standard InChI is InChI=1S/C4H5N3O.CH4O3S/c5-4(8)3-1-2-6-7-3;1-5(2,3)4/h1-2H,(H2,5,8)(H,6,7);1H3,(H,2,3,4). The first kappa shape index (κ1) is 11.6. The lowest BCUT2D eigenvalue weighted by Crippen LogP contribution is -2.10. The molecule has 8 heteroatoms. The molecule has 0 fully saturated rings. The summed E-state index contributed by atoms with van der Waals surface area (Å²) in [7, 11) is -3.67. The Morgan fingerprint density at radius 2 is 2.15 bits per heavy atom. The summed E-state index contributed by atoms with van der Waals surface area (Å²) >= 11 is 0. The van der Waals surface area contributed by atoms with Crippen LogP contribution in [-0.2, 0) is 10.1 Å². The molecule has 0 atom stereocenters. The van der Waals surface area contributed by atoms with Gasteiger partial charge in [-0.15, -0.1) is 0 Å². The first-order valence-corrected chi connectivity index (χ1v) is 4.87. The van der Waals surface area contributed by atoms with Crippen LogP contribution in [-0.4, -0.2) is 35.3 Å². The maximum Gasteiger partial charge on any atom is 0.266 e. The van der Waals surface area contributed by atoms with Gasteiger partial charge in [0.15, 0.2) is 0 Å². The second-order valence-electron chi connectivity index (χ2n) is 2.07. The van der Waals surface area contributed by atoms with Crippen LogP contribution in [0.4, 0.5) is 0 Å². The Hall–Kier alpha value is -1.41. The third kappa shape index (κ3) is 8.50. The minimum absolute atomic E-state index is 0.338. The number of hydrogen-bond donors (Lipinski definition) is 3. The molecular formula is C5H9N3O4S. The van der Waals surface area contributed by atoms with E-state index in [9.17, 15) is 13.2 Å². The van der Waals surface area contributed by atoms with E-state index in [2.05, 4.69) is 10.2 Å². The zero-order valence-electron chi connectivity index (χ0n) is 6.76. The first-order chi connectivity index (χ1) is 5.80. The van der Waals surface area contributed by atoms with Crippen molar-refractivity contribution in [2.75, 3.05) is 6.26 Å². The van der Waals surface area contributed by atoms with Gasteiger partial charge in [-0.1, -0.05) is 0 Å². The van der Waals surface area contributed by atoms with Crippen LogP contribution in [0.25, 0.3) is 0 Å². The van der Waals surface area contributed by atoms with Crippen molar-refractivity contribution in [1.29, 1.82) is 0 Å². The van der Waals surface area contributed by atoms with Crippen molar-refractivity contribution < 1.29 is 17.8 Å². The number of aromatic amines is 1. The van der Waals surface area contributed by atoms with Gasteiger partial charge in [0, 0.05) is 6.20 Å². The van der Waals surface area contributed by atoms with Crippen LogP contribution in [0.1, 0.15) is 10.5 Å². The largest absolute Gasteiger partial charge is 0.364 e. The molecule has 0 bridgehead atoms. The third-order valence-corrected chi connectivity index (χ3v) is 0.766. The molecule has 1 rings (SSSR count). The molecule has 0 aliphatic rings. The Labute approximate surface area is 74.7 Å². The molecule has 74 valence electrons. The van der Waals surface area contributed by atoms with E-state index >= 15 is 0 Å². The van der Waals surface area contributed by atoms with E-state index in [0.29, 0.717) is 11.9 Å². The summed E-state index contributed by atoms with van der Waals surface area (Å²) in [6.07, 6.45) is 2.19. The molecule has 0 aromatic carbocycles. The Kier molecular flexibility index (Phi) is 4.08. The Bertz CT molecular complexity index is 347. The van der Waals surface area contributed by atoms with Crippen LogP contribution in [0.3, 0.4) is 0 Å². The molecule has 0 aliphatic heterocycles. The monoisotopic (exact) mass is 207 g/mol. The lowest BCUT2D eigenvalue weighted by molar-refractivity contribution is 0.0995. The van der Waals surface area contributed by atoms with Gasteiger partial charge >= 0.3 is 0 Å². The fraction of sp³-hybridized carbons (Fsp3) is 0.200. The van der Waals surface area contributed by atoms with Crippen LogP contribution in [0.15, 0.2) is 12.3 Å². The van der Waals surface area contributed by atoms with E-state index < -0.39 is 16.0 Å². The minimum Gasteiger partial charge on any atom is -0.364 e. The number of rotatable bonds is 1. The van der Waals surface area contributed by atoms with Gasteiger partial charge in [0.05, 0.1) is 6.26 Å². The fourth-order valence-electron chi connectivity index (χ4n) is 0.393. The summed E-state index contributed by atoms with van der Waals surface area (Å²) in [4.78, 5) is 10.2. The Balaban J connectivity index is 0.000000252. The Morgan fingerprint density at radius 3 is 2.31 bits per heavy atom. The molecule has 0 spiro atoms. The third-order valence-electron chi connectivity index (χ3n) is 0.766. The molecule has 0 radical (unpaired) electrons. The number of amides is 1. The summed E-state index contributed by atoms with van der Waals surface area (Å²) in [5.74, 6) is -0.484. The van der Waals surface area contributed by atoms with Crippen LogP contribution >= 0.6 is 0 Å². The highest BCUT2D eigenvalue weighted by atomic mass is 32.2. The van der Waals surface area contributed by atoms with E-state index in [1.54, 1.807) is 0 Å². The molecule has 1 heterocycles. The van der Waals surface area contributed by atoms with Crippen molar-refractivity contribution in [1.82, 2.24) is 10.2 Å². The predicted octanol–water partition coefficient (Wildman–Crippen LogP) is -0.987. The highest BCUT2D eigenvalue weighted by molar-refractivity contribution is 7.85. The van der Waals surface area contributed by atoms with E-state index in [1.807, 2.05) is 0 Å². The number of H-pyrrole nitrogens is 1. The van der Waals surface area contributed by atoms with Crippen molar-refractivity contribution >= 4 is 16.0 Å². The summed E-state index contributed by atoms with van der Waals surface area (Å²) in [5.41, 5.74) is 5.19. The van der Waals surface area contributed by atoms with Crippen LogP contribution in [0.2, 0.25) is 0 Å². The number of carbonyl (C=O) groups excluding carboxylic acids is 1. The van der Waals surface area contributed by atoms with Gasteiger partial charge < -0.3 is 5.73 Å². The first-order valence-electron chi connectivity index (χ1n) is 3.02. The maximum absolute atomic E-state index is 10.2. The zero-order valence-corrected chi connectivity index (χ0v) is 7.58. The summed E-state index contributed by atoms with van der Waals surface area (Å²) in [5, 5.41) is 5.93. The molecule has 0 saturated heterocycles. The molecule has 1 aromatic heterocycles. The van der Waals surface area contributed by atoms with Gasteiger partial charge in [0.25, 0.3) is 16.0 Å². The van der Waals surface area contributed by atoms with Gasteiger partial charge in [-0.3, -0.25) is 14.4 Å². The highest BCUT2D eigenvalue weighted by Crippen LogP contribution is 1.86. The summed E-state index contributed by atoms with van der Waals surface area (Å²) < 4.78 is 25.9. The van der Waals surface area contributed by atoms with Crippen molar-refractivity contribution in [3.05, 3.63) is 18.0 Å². The second-order valence-corrected chi connectivity index (χ2v) is 3.53. The molecule has 4 N–H and O–H groups in total. The molecule has 0 saturated carbocycles. The SMILES string of the molecule is CS(=O)(=O)O.NC(=O)c1ccn[nH]1. The van der Waals surface area contributed by atoms with Gasteiger partial charge in [-0.25, -0.2) is 0 Å². The van der Waals surface area contributed by atoms with Gasteiger partial charge in [0.2, 0.25) is 0 Å². The quantitative estimate of drug-likeness (QED) is 0.510. The number of aromatic nitrogens is 2. The minimum atomic E-state index is -3.67. The lowest BCUT2D eigenvalue weighted by atomic mass is 10.4. The molecule has 1 aromatic rings. The lowest BCUT2D eigenvalue weighted by Gasteiger charge is -1.80. The fourth-order valence-corrected chi connectivity index (χ4v) is 0.393. The molecule has 13 heavy (non-hydrogen) atoms. The topological polar surface area (TPSA) is 126 Å². The van der Waals surface area contributed by atoms with E-state index in [1.165, 1.54) is 12.3 Å². The van der Waals surface area contributed by atoms with E-state index in [0.717, 1.165) is 0 Å². The van der Waals surface area contributed by atoms with Crippen LogP contribution < -0.4 is 5.73 Å². The summed E-state index contributed by atoms with van der Waals surface area (Å²) in [6.45, 7) is 0. The average Bonchev–Trinajstić information content (AvgIpc) is 2.31. The molecular weight excluding hydrogens is 198 g/mol. The van der Waals surface area contributed by atoms with Crippen molar-refractivity contribution in [2.24, 2.45) is 5.73 Å². The molecule has 7 nitrogen and oxygen atoms in total. The smallest absolute Gasteiger partial charge is 0.266 e. The number of carbonyl (C=O) groups is 1. The van der Waals surface area contributed by atoms with Crippen molar-refractivity contribution in [3.8, 4) is 0 Å². The number of nitrogens with two attached hydrogens (primary N) is 1. The highest BCUT2D eigenvalue weighted by Gasteiger charge is 1.96. The van der Waals surface area contributed by atoms with Crippen LogP contribution in [0.5, 0.6) is 0 Å². The Morgan fingerprint density at radius 1 is 1.69 bits per heavy atom. The molecule has 1 amide bonds.